The highest BCUT2D eigenvalue weighted by molar-refractivity contribution is 6.38. The van der Waals surface area contributed by atoms with Gasteiger partial charge in [0.25, 0.3) is 5.91 Å². The Bertz CT molecular complexity index is 856. The summed E-state index contributed by atoms with van der Waals surface area (Å²) in [7, 11) is 3.74. The third-order valence-corrected chi connectivity index (χ3v) is 5.89. The highest BCUT2D eigenvalue weighted by Gasteiger charge is 2.31. The smallest absolute Gasteiger partial charge is 0.318 e. The molecule has 3 N–H and O–H groups in total. The summed E-state index contributed by atoms with van der Waals surface area (Å²) in [6, 6.07) is 7.40. The van der Waals surface area contributed by atoms with Crippen LogP contribution < -0.4 is 16.0 Å². The number of amides is 4. The first-order chi connectivity index (χ1) is 17.2. The van der Waals surface area contributed by atoms with Gasteiger partial charge in [0.05, 0.1) is 19.3 Å². The molecule has 0 aliphatic carbocycles. The Morgan fingerprint density at radius 1 is 1.00 bits per heavy atom. The van der Waals surface area contributed by atoms with E-state index in [1.165, 1.54) is 0 Å². The van der Waals surface area contributed by atoms with Crippen molar-refractivity contribution in [2.45, 2.75) is 45.2 Å². The zero-order valence-corrected chi connectivity index (χ0v) is 21.9. The van der Waals surface area contributed by atoms with Crippen molar-refractivity contribution in [2.24, 2.45) is 5.92 Å². The van der Waals surface area contributed by atoms with Crippen molar-refractivity contribution in [1.29, 1.82) is 0 Å². The van der Waals surface area contributed by atoms with Gasteiger partial charge in [0.15, 0.2) is 0 Å². The molecule has 2 atom stereocenters. The van der Waals surface area contributed by atoms with Crippen LogP contribution in [0.15, 0.2) is 30.3 Å². The first-order valence-electron chi connectivity index (χ1n) is 12.6. The van der Waals surface area contributed by atoms with Gasteiger partial charge in [0, 0.05) is 26.2 Å². The van der Waals surface area contributed by atoms with E-state index in [0.29, 0.717) is 52.2 Å². The Kier molecular flexibility index (Phi) is 12.4. The molecule has 1 saturated heterocycles. The van der Waals surface area contributed by atoms with Gasteiger partial charge in [-0.25, -0.2) is 4.79 Å². The second-order valence-electron chi connectivity index (χ2n) is 9.74. The number of benzene rings is 1. The van der Waals surface area contributed by atoms with Crippen LogP contribution >= 0.6 is 0 Å². The van der Waals surface area contributed by atoms with Gasteiger partial charge >= 0.3 is 6.03 Å². The second-order valence-corrected chi connectivity index (χ2v) is 9.74. The summed E-state index contributed by atoms with van der Waals surface area (Å²) < 4.78 is 5.29. The largest absolute Gasteiger partial charge is 0.378 e. The lowest BCUT2D eigenvalue weighted by Gasteiger charge is -2.30. The van der Waals surface area contributed by atoms with E-state index in [2.05, 4.69) is 16.0 Å². The first kappa shape index (κ1) is 29.3. The van der Waals surface area contributed by atoms with Crippen molar-refractivity contribution in [3.05, 3.63) is 35.9 Å². The maximum atomic E-state index is 13.3. The van der Waals surface area contributed by atoms with Gasteiger partial charge in [0.1, 0.15) is 6.04 Å². The van der Waals surface area contributed by atoms with Crippen LogP contribution in [0.1, 0.15) is 32.3 Å². The van der Waals surface area contributed by atoms with Gasteiger partial charge in [-0.05, 0) is 44.8 Å². The van der Waals surface area contributed by atoms with E-state index in [-0.39, 0.29) is 18.4 Å². The van der Waals surface area contributed by atoms with Gasteiger partial charge in [0.2, 0.25) is 11.7 Å². The van der Waals surface area contributed by atoms with E-state index in [0.717, 1.165) is 5.56 Å². The molecule has 1 heterocycles. The van der Waals surface area contributed by atoms with E-state index in [9.17, 15) is 19.2 Å². The van der Waals surface area contributed by atoms with Crippen molar-refractivity contribution in [1.82, 2.24) is 25.8 Å². The molecule has 0 spiro atoms. The summed E-state index contributed by atoms with van der Waals surface area (Å²) in [5.41, 5.74) is 0.997. The number of rotatable bonds is 13. The third kappa shape index (κ3) is 10.3. The van der Waals surface area contributed by atoms with Gasteiger partial charge < -0.3 is 30.5 Å². The molecule has 1 unspecified atom stereocenters. The summed E-state index contributed by atoms with van der Waals surface area (Å²) in [4.78, 5) is 55.2. The molecule has 1 aromatic rings. The van der Waals surface area contributed by atoms with Gasteiger partial charge in [-0.15, -0.1) is 0 Å². The summed E-state index contributed by atoms with van der Waals surface area (Å²) in [5.74, 6) is -1.77. The number of hydrogen-bond donors (Lipinski definition) is 3. The number of hydrogen-bond acceptors (Lipinski definition) is 6. The average molecular weight is 504 g/mol. The fourth-order valence-corrected chi connectivity index (χ4v) is 3.84. The van der Waals surface area contributed by atoms with Crippen LogP contribution in [0.3, 0.4) is 0 Å². The molecule has 1 fully saturated rings. The molecule has 1 aromatic carbocycles. The third-order valence-electron chi connectivity index (χ3n) is 5.89. The lowest BCUT2D eigenvalue weighted by Crippen LogP contribution is -2.57. The number of likely N-dealkylation sites (N-methyl/N-ethyl adjacent to an activating group) is 1. The summed E-state index contributed by atoms with van der Waals surface area (Å²) in [6.07, 6.45) is 1.18. The number of ketones is 1. The molecule has 10 nitrogen and oxygen atoms in total. The molecular formula is C26H41N5O5. The molecular weight excluding hydrogens is 462 g/mol. The lowest BCUT2D eigenvalue weighted by atomic mass is 9.99. The SMILES string of the molecule is CC(C)C[C@H](NC(=O)N1CCOCC1)C(=O)NC(CCc1ccccc1)C(=O)C(=O)NCCN(C)C. The van der Waals surface area contributed by atoms with Gasteiger partial charge in [-0.1, -0.05) is 44.2 Å². The predicted molar refractivity (Wildman–Crippen MR) is 137 cm³/mol. The van der Waals surface area contributed by atoms with Crippen molar-refractivity contribution >= 4 is 23.6 Å². The van der Waals surface area contributed by atoms with Crippen molar-refractivity contribution in [3.8, 4) is 0 Å². The first-order valence-corrected chi connectivity index (χ1v) is 12.6. The maximum Gasteiger partial charge on any atom is 0.318 e. The molecule has 36 heavy (non-hydrogen) atoms. The minimum atomic E-state index is -1.01. The Labute approximate surface area is 214 Å². The number of urea groups is 1. The number of aryl methyl sites for hydroxylation is 1. The van der Waals surface area contributed by atoms with Crippen LogP contribution in [0, 0.1) is 5.92 Å². The van der Waals surface area contributed by atoms with E-state index < -0.39 is 29.7 Å². The van der Waals surface area contributed by atoms with Crippen LogP contribution in [-0.2, 0) is 25.5 Å². The monoisotopic (exact) mass is 503 g/mol. The van der Waals surface area contributed by atoms with Crippen LogP contribution in [0.4, 0.5) is 4.79 Å². The van der Waals surface area contributed by atoms with Crippen LogP contribution in [0.5, 0.6) is 0 Å². The van der Waals surface area contributed by atoms with Crippen LogP contribution in [0.2, 0.25) is 0 Å². The molecule has 0 radical (unpaired) electrons. The molecule has 200 valence electrons. The number of ether oxygens (including phenoxy) is 1. The van der Waals surface area contributed by atoms with Crippen LogP contribution in [-0.4, -0.2) is 99.0 Å². The minimum absolute atomic E-state index is 0.124. The van der Waals surface area contributed by atoms with E-state index >= 15 is 0 Å². The fraction of sp³-hybridized carbons (Fsp3) is 0.615. The lowest BCUT2D eigenvalue weighted by molar-refractivity contribution is -0.140. The number of morpholine rings is 1. The van der Waals surface area contributed by atoms with Crippen molar-refractivity contribution < 1.29 is 23.9 Å². The predicted octanol–water partition coefficient (Wildman–Crippen LogP) is 0.807. The molecule has 1 aliphatic rings. The molecule has 2 rings (SSSR count). The quantitative estimate of drug-likeness (QED) is 0.343. The van der Waals surface area contributed by atoms with Gasteiger partial charge in [-0.2, -0.15) is 0 Å². The Hall–Kier alpha value is -2.98. The average Bonchev–Trinajstić information content (AvgIpc) is 2.86. The number of carbonyl (C=O) groups excluding carboxylic acids is 4. The molecule has 1 aliphatic heterocycles. The Morgan fingerprint density at radius 2 is 1.67 bits per heavy atom. The normalized spacial score (nSPS) is 15.3. The fourth-order valence-electron chi connectivity index (χ4n) is 3.84. The summed E-state index contributed by atoms with van der Waals surface area (Å²) in [6.45, 7) is 6.63. The minimum Gasteiger partial charge on any atom is -0.378 e. The second kappa shape index (κ2) is 15.2. The molecule has 0 aromatic heterocycles. The van der Waals surface area contributed by atoms with E-state index in [1.54, 1.807) is 4.90 Å². The highest BCUT2D eigenvalue weighted by atomic mass is 16.5. The molecule has 10 heteroatoms. The van der Waals surface area contributed by atoms with Crippen molar-refractivity contribution in [3.63, 3.8) is 0 Å². The number of carbonyl (C=O) groups is 4. The zero-order valence-electron chi connectivity index (χ0n) is 21.9. The Morgan fingerprint density at radius 3 is 2.28 bits per heavy atom. The number of Topliss-reactive ketones (excluding diaryl/α,β-unsaturated/α-hetero) is 1. The van der Waals surface area contributed by atoms with Crippen molar-refractivity contribution in [2.75, 3.05) is 53.5 Å². The summed E-state index contributed by atoms with van der Waals surface area (Å²) >= 11 is 0. The highest BCUT2D eigenvalue weighted by Crippen LogP contribution is 2.10. The van der Waals surface area contributed by atoms with Gasteiger partial charge in [-0.3, -0.25) is 14.4 Å². The standard InChI is InChI=1S/C26H41N5O5/c1-19(2)18-22(29-26(35)31-14-16-36-17-15-31)24(33)28-21(11-10-20-8-6-5-7-9-20)23(32)25(34)27-12-13-30(3)4/h5-9,19,21-22H,10-18H2,1-4H3,(H,27,34)(H,28,33)(H,29,35)/t21?,22-/m0/s1. The number of nitrogens with zero attached hydrogens (tertiary/aromatic N) is 2. The molecule has 0 bridgehead atoms. The Balaban J connectivity index is 2.10. The summed E-state index contributed by atoms with van der Waals surface area (Å²) in [5, 5.41) is 8.21. The van der Waals surface area contributed by atoms with E-state index in [4.69, 9.17) is 4.74 Å². The molecule has 0 saturated carbocycles. The maximum absolute atomic E-state index is 13.3. The molecule has 4 amide bonds. The van der Waals surface area contributed by atoms with Crippen LogP contribution in [0.25, 0.3) is 0 Å². The topological polar surface area (TPSA) is 120 Å². The van der Waals surface area contributed by atoms with E-state index in [1.807, 2.05) is 63.2 Å². The number of nitrogens with one attached hydrogen (secondary N) is 3. The zero-order chi connectivity index (χ0) is 26.5.